The molecule has 0 aliphatic carbocycles. The summed E-state index contributed by atoms with van der Waals surface area (Å²) in [7, 11) is 0. The molecule has 20 heavy (non-hydrogen) atoms. The second kappa shape index (κ2) is 8.46. The fourth-order valence-electron chi connectivity index (χ4n) is 2.97. The van der Waals surface area contributed by atoms with Crippen molar-refractivity contribution < 1.29 is 0 Å². The lowest BCUT2D eigenvalue weighted by molar-refractivity contribution is 0.166. The third-order valence-corrected chi connectivity index (χ3v) is 3.88. The zero-order chi connectivity index (χ0) is 15.1. The number of hydrogen-bond donors (Lipinski definition) is 0. The molecule has 1 aromatic carbocycles. The third kappa shape index (κ3) is 5.28. The summed E-state index contributed by atoms with van der Waals surface area (Å²) in [6, 6.07) is 8.44. The van der Waals surface area contributed by atoms with Crippen LogP contribution in [0, 0.1) is 0 Å². The summed E-state index contributed by atoms with van der Waals surface area (Å²) in [5.41, 5.74) is 4.52. The first-order valence-corrected chi connectivity index (χ1v) is 8.35. The number of aryl methyl sites for hydroxylation is 2. The van der Waals surface area contributed by atoms with Crippen LogP contribution in [-0.2, 0) is 19.4 Å². The van der Waals surface area contributed by atoms with Gasteiger partial charge in [-0.1, -0.05) is 44.9 Å². The number of hydrogen-bond acceptors (Lipinski definition) is 1. The van der Waals surface area contributed by atoms with Crippen molar-refractivity contribution in [3.05, 3.63) is 34.9 Å². The Hall–Kier alpha value is -0.820. The maximum absolute atomic E-state index is 2.57. The maximum atomic E-state index is 2.57. The van der Waals surface area contributed by atoms with Crippen LogP contribution in [0.25, 0.3) is 0 Å². The van der Waals surface area contributed by atoms with Crippen molar-refractivity contribution >= 4 is 0 Å². The predicted molar refractivity (Wildman–Crippen MR) is 90.2 cm³/mol. The van der Waals surface area contributed by atoms with E-state index in [2.05, 4.69) is 64.6 Å². The van der Waals surface area contributed by atoms with Crippen molar-refractivity contribution in [1.82, 2.24) is 4.90 Å². The van der Waals surface area contributed by atoms with E-state index in [1.807, 2.05) is 0 Å². The molecule has 0 atom stereocenters. The molecule has 0 bridgehead atoms. The van der Waals surface area contributed by atoms with Crippen LogP contribution in [0.1, 0.15) is 71.1 Å². The monoisotopic (exact) mass is 275 g/mol. The lowest BCUT2D eigenvalue weighted by Gasteiger charge is -2.31. The molecule has 0 amide bonds. The first kappa shape index (κ1) is 17.2. The van der Waals surface area contributed by atoms with E-state index in [-0.39, 0.29) is 0 Å². The van der Waals surface area contributed by atoms with E-state index in [0.717, 1.165) is 6.54 Å². The van der Waals surface area contributed by atoms with Crippen molar-refractivity contribution in [3.8, 4) is 0 Å². The molecule has 0 heterocycles. The molecular formula is C19H33N. The molecule has 0 spiro atoms. The van der Waals surface area contributed by atoms with Gasteiger partial charge in [-0.2, -0.15) is 0 Å². The average Bonchev–Trinajstić information content (AvgIpc) is 2.36. The molecule has 1 rings (SSSR count). The highest BCUT2D eigenvalue weighted by atomic mass is 15.2. The Kier molecular flexibility index (Phi) is 7.29. The summed E-state index contributed by atoms with van der Waals surface area (Å²) >= 11 is 0. The van der Waals surface area contributed by atoms with Gasteiger partial charge in [0.05, 0.1) is 0 Å². The first-order valence-electron chi connectivity index (χ1n) is 8.35. The van der Waals surface area contributed by atoms with Gasteiger partial charge in [-0.05, 0) is 57.2 Å². The Bertz CT molecular complexity index is 361. The molecule has 0 aromatic heterocycles. The van der Waals surface area contributed by atoms with Crippen LogP contribution in [0.3, 0.4) is 0 Å². The summed E-state index contributed by atoms with van der Waals surface area (Å²) < 4.78 is 0. The minimum atomic E-state index is 0.597. The molecule has 114 valence electrons. The first-order chi connectivity index (χ1) is 9.47. The third-order valence-electron chi connectivity index (χ3n) is 3.88. The molecular weight excluding hydrogens is 242 g/mol. The van der Waals surface area contributed by atoms with E-state index in [1.165, 1.54) is 42.4 Å². The Morgan fingerprint density at radius 1 is 0.750 bits per heavy atom. The summed E-state index contributed by atoms with van der Waals surface area (Å²) in [4.78, 5) is 2.57. The Morgan fingerprint density at radius 2 is 1.15 bits per heavy atom. The van der Waals surface area contributed by atoms with Crippen LogP contribution >= 0.6 is 0 Å². The van der Waals surface area contributed by atoms with Crippen molar-refractivity contribution in [2.45, 2.75) is 85.9 Å². The molecule has 0 unspecified atom stereocenters. The van der Waals surface area contributed by atoms with Gasteiger partial charge in [-0.25, -0.2) is 0 Å². The highest BCUT2D eigenvalue weighted by molar-refractivity contribution is 5.30. The molecule has 0 aliphatic rings. The van der Waals surface area contributed by atoms with E-state index >= 15 is 0 Å². The highest BCUT2D eigenvalue weighted by Gasteiger charge is 2.14. The van der Waals surface area contributed by atoms with E-state index in [9.17, 15) is 0 Å². The molecule has 1 aromatic rings. The maximum Gasteiger partial charge on any atom is 0.0239 e. The molecule has 1 heteroatoms. The van der Waals surface area contributed by atoms with E-state index in [1.54, 1.807) is 0 Å². The highest BCUT2D eigenvalue weighted by Crippen LogP contribution is 2.18. The lowest BCUT2D eigenvalue weighted by Crippen LogP contribution is -2.36. The zero-order valence-corrected chi connectivity index (χ0v) is 14.4. The van der Waals surface area contributed by atoms with Crippen molar-refractivity contribution in [3.63, 3.8) is 0 Å². The van der Waals surface area contributed by atoms with Gasteiger partial charge in [-0.3, -0.25) is 4.90 Å². The topological polar surface area (TPSA) is 3.24 Å². The minimum absolute atomic E-state index is 0.597. The van der Waals surface area contributed by atoms with Crippen LogP contribution in [0.5, 0.6) is 0 Å². The summed E-state index contributed by atoms with van der Waals surface area (Å²) in [6.07, 6.45) is 4.86. The molecule has 0 N–H and O–H groups in total. The van der Waals surface area contributed by atoms with Gasteiger partial charge >= 0.3 is 0 Å². The molecule has 0 fully saturated rings. The van der Waals surface area contributed by atoms with E-state index in [0.29, 0.717) is 12.1 Å². The standard InChI is InChI=1S/C19H33N/c1-7-9-17-11-18(10-8-2)13-19(12-17)14-20(15(3)4)16(5)6/h11-13,15-16H,7-10,14H2,1-6H3. The SMILES string of the molecule is CCCc1cc(CCC)cc(CN(C(C)C)C(C)C)c1. The Balaban J connectivity index is 2.96. The van der Waals surface area contributed by atoms with Gasteiger partial charge in [0.25, 0.3) is 0 Å². The van der Waals surface area contributed by atoms with Gasteiger partial charge in [0.2, 0.25) is 0 Å². The van der Waals surface area contributed by atoms with Crippen LogP contribution in [0.4, 0.5) is 0 Å². The van der Waals surface area contributed by atoms with E-state index in [4.69, 9.17) is 0 Å². The normalized spacial score (nSPS) is 11.8. The second-order valence-corrected chi connectivity index (χ2v) is 6.52. The van der Waals surface area contributed by atoms with Crippen LogP contribution < -0.4 is 0 Å². The molecule has 0 saturated heterocycles. The van der Waals surface area contributed by atoms with Crippen molar-refractivity contribution in [1.29, 1.82) is 0 Å². The number of rotatable bonds is 8. The zero-order valence-electron chi connectivity index (χ0n) is 14.4. The van der Waals surface area contributed by atoms with Crippen LogP contribution in [0.2, 0.25) is 0 Å². The van der Waals surface area contributed by atoms with Crippen LogP contribution in [0.15, 0.2) is 18.2 Å². The summed E-state index contributed by atoms with van der Waals surface area (Å²) in [5, 5.41) is 0. The predicted octanol–water partition coefficient (Wildman–Crippen LogP) is 5.21. The van der Waals surface area contributed by atoms with Crippen molar-refractivity contribution in [2.24, 2.45) is 0 Å². The van der Waals surface area contributed by atoms with Gasteiger partial charge in [-0.15, -0.1) is 0 Å². The Morgan fingerprint density at radius 3 is 1.50 bits per heavy atom. The van der Waals surface area contributed by atoms with Gasteiger partial charge in [0.1, 0.15) is 0 Å². The smallest absolute Gasteiger partial charge is 0.0239 e. The molecule has 0 aliphatic heterocycles. The minimum Gasteiger partial charge on any atom is -0.294 e. The Labute approximate surface area is 126 Å². The van der Waals surface area contributed by atoms with Gasteiger partial charge in [0.15, 0.2) is 0 Å². The average molecular weight is 275 g/mol. The summed E-state index contributed by atoms with van der Waals surface area (Å²) in [6.45, 7) is 14.8. The lowest BCUT2D eigenvalue weighted by atomic mass is 9.99. The number of nitrogens with zero attached hydrogens (tertiary/aromatic N) is 1. The summed E-state index contributed by atoms with van der Waals surface area (Å²) in [5.74, 6) is 0. The van der Waals surface area contributed by atoms with E-state index < -0.39 is 0 Å². The quantitative estimate of drug-likeness (QED) is 0.629. The van der Waals surface area contributed by atoms with Gasteiger partial charge < -0.3 is 0 Å². The fraction of sp³-hybridized carbons (Fsp3) is 0.684. The largest absolute Gasteiger partial charge is 0.294 e. The number of benzene rings is 1. The van der Waals surface area contributed by atoms with Crippen LogP contribution in [-0.4, -0.2) is 17.0 Å². The second-order valence-electron chi connectivity index (χ2n) is 6.52. The van der Waals surface area contributed by atoms with Crippen molar-refractivity contribution in [2.75, 3.05) is 0 Å². The molecule has 1 nitrogen and oxygen atoms in total. The fourth-order valence-corrected chi connectivity index (χ4v) is 2.97. The molecule has 0 radical (unpaired) electrons. The van der Waals surface area contributed by atoms with Gasteiger partial charge in [0, 0.05) is 18.6 Å². The molecule has 0 saturated carbocycles.